The Hall–Kier alpha value is -1.08. The van der Waals surface area contributed by atoms with Gasteiger partial charge in [-0.25, -0.2) is 0 Å². The van der Waals surface area contributed by atoms with E-state index in [-0.39, 0.29) is 12.0 Å². The smallest absolute Gasteiger partial charge is 0.235 e. The molecule has 60 valence electrons. The van der Waals surface area contributed by atoms with Crippen molar-refractivity contribution in [2.75, 3.05) is 6.61 Å². The second-order valence-corrected chi connectivity index (χ2v) is 2.50. The SMILES string of the molecule is N#CNC(=O)CC1CCCO1. The Labute approximate surface area is 65.1 Å². The lowest BCUT2D eigenvalue weighted by Crippen LogP contribution is -2.22. The van der Waals surface area contributed by atoms with Gasteiger partial charge in [-0.3, -0.25) is 10.1 Å². The third-order valence-electron chi connectivity index (χ3n) is 1.63. The highest BCUT2D eigenvalue weighted by Gasteiger charge is 2.18. The predicted octanol–water partition coefficient (Wildman–Crippen LogP) is 0.153. The summed E-state index contributed by atoms with van der Waals surface area (Å²) in [6, 6.07) is 0. The van der Waals surface area contributed by atoms with Crippen molar-refractivity contribution < 1.29 is 9.53 Å². The molecule has 0 aromatic rings. The average Bonchev–Trinajstić information content (AvgIpc) is 2.40. The summed E-state index contributed by atoms with van der Waals surface area (Å²) >= 11 is 0. The molecule has 1 heterocycles. The molecule has 1 aliphatic rings. The molecular weight excluding hydrogens is 144 g/mol. The van der Waals surface area contributed by atoms with Crippen LogP contribution in [0.1, 0.15) is 19.3 Å². The van der Waals surface area contributed by atoms with Crippen LogP contribution < -0.4 is 5.32 Å². The number of nitriles is 1. The summed E-state index contributed by atoms with van der Waals surface area (Å²) in [5, 5.41) is 10.1. The average molecular weight is 154 g/mol. The van der Waals surface area contributed by atoms with Crippen LogP contribution in [0.15, 0.2) is 0 Å². The van der Waals surface area contributed by atoms with Crippen LogP contribution in [0.2, 0.25) is 0 Å². The molecule has 0 aromatic carbocycles. The number of hydrogen-bond acceptors (Lipinski definition) is 3. The third-order valence-corrected chi connectivity index (χ3v) is 1.63. The van der Waals surface area contributed by atoms with Gasteiger partial charge < -0.3 is 4.74 Å². The van der Waals surface area contributed by atoms with Crippen molar-refractivity contribution in [2.45, 2.75) is 25.4 Å². The van der Waals surface area contributed by atoms with Gasteiger partial charge >= 0.3 is 0 Å². The summed E-state index contributed by atoms with van der Waals surface area (Å²) in [4.78, 5) is 10.8. The van der Waals surface area contributed by atoms with Crippen LogP contribution >= 0.6 is 0 Å². The Balaban J connectivity index is 2.19. The quantitative estimate of drug-likeness (QED) is 0.455. The van der Waals surface area contributed by atoms with Crippen LogP contribution in [-0.2, 0) is 9.53 Å². The summed E-state index contributed by atoms with van der Waals surface area (Å²) in [5.41, 5.74) is 0. The van der Waals surface area contributed by atoms with E-state index in [1.165, 1.54) is 0 Å². The maximum atomic E-state index is 10.8. The monoisotopic (exact) mass is 154 g/mol. The van der Waals surface area contributed by atoms with E-state index in [0.29, 0.717) is 6.42 Å². The maximum absolute atomic E-state index is 10.8. The highest BCUT2D eigenvalue weighted by molar-refractivity contribution is 5.77. The van der Waals surface area contributed by atoms with Crippen molar-refractivity contribution in [2.24, 2.45) is 0 Å². The fraction of sp³-hybridized carbons (Fsp3) is 0.714. The van der Waals surface area contributed by atoms with E-state index < -0.39 is 0 Å². The Morgan fingerprint density at radius 1 is 1.82 bits per heavy atom. The van der Waals surface area contributed by atoms with Crippen LogP contribution in [0.3, 0.4) is 0 Å². The lowest BCUT2D eigenvalue weighted by atomic mass is 10.2. The van der Waals surface area contributed by atoms with Gasteiger partial charge in [0.1, 0.15) is 0 Å². The molecule has 0 bridgehead atoms. The van der Waals surface area contributed by atoms with Gasteiger partial charge in [-0.2, -0.15) is 5.26 Å². The van der Waals surface area contributed by atoms with Gasteiger partial charge in [0.05, 0.1) is 12.5 Å². The van der Waals surface area contributed by atoms with Crippen LogP contribution in [0.4, 0.5) is 0 Å². The second-order valence-electron chi connectivity index (χ2n) is 2.50. The van der Waals surface area contributed by atoms with Gasteiger partial charge in [0.2, 0.25) is 5.91 Å². The van der Waals surface area contributed by atoms with Crippen molar-refractivity contribution in [1.82, 2.24) is 5.32 Å². The van der Waals surface area contributed by atoms with Crippen molar-refractivity contribution in [1.29, 1.82) is 5.26 Å². The number of carbonyl (C=O) groups excluding carboxylic acids is 1. The first-order valence-electron chi connectivity index (χ1n) is 3.62. The number of hydrogen-bond donors (Lipinski definition) is 1. The third kappa shape index (κ3) is 2.56. The largest absolute Gasteiger partial charge is 0.378 e. The van der Waals surface area contributed by atoms with Crippen LogP contribution in [0.25, 0.3) is 0 Å². The van der Waals surface area contributed by atoms with Crippen molar-refractivity contribution >= 4 is 5.91 Å². The number of nitrogens with zero attached hydrogens (tertiary/aromatic N) is 1. The summed E-state index contributed by atoms with van der Waals surface area (Å²) in [6.45, 7) is 0.741. The van der Waals surface area contributed by atoms with E-state index in [1.54, 1.807) is 6.19 Å². The summed E-state index contributed by atoms with van der Waals surface area (Å²) in [7, 11) is 0. The zero-order chi connectivity index (χ0) is 8.10. The first kappa shape index (κ1) is 8.02. The van der Waals surface area contributed by atoms with E-state index >= 15 is 0 Å². The second kappa shape index (κ2) is 3.94. The number of amides is 1. The molecule has 4 heteroatoms. The molecule has 1 aliphatic heterocycles. The molecule has 1 rings (SSSR count). The summed E-state index contributed by atoms with van der Waals surface area (Å²) in [6.07, 6.45) is 3.88. The zero-order valence-corrected chi connectivity index (χ0v) is 6.17. The fourth-order valence-electron chi connectivity index (χ4n) is 1.13. The predicted molar refractivity (Wildman–Crippen MR) is 37.3 cm³/mol. The van der Waals surface area contributed by atoms with E-state index in [2.05, 4.69) is 5.32 Å². The first-order chi connectivity index (χ1) is 5.33. The minimum absolute atomic E-state index is 0.0309. The van der Waals surface area contributed by atoms with E-state index in [4.69, 9.17) is 10.00 Å². The maximum Gasteiger partial charge on any atom is 0.235 e. The summed E-state index contributed by atoms with van der Waals surface area (Å²) < 4.78 is 5.20. The number of ether oxygens (including phenoxy) is 1. The molecule has 0 aromatic heterocycles. The minimum Gasteiger partial charge on any atom is -0.378 e. The van der Waals surface area contributed by atoms with Crippen molar-refractivity contribution in [3.8, 4) is 6.19 Å². The van der Waals surface area contributed by atoms with Gasteiger partial charge in [0.25, 0.3) is 0 Å². The van der Waals surface area contributed by atoms with Crippen molar-refractivity contribution in [3.05, 3.63) is 0 Å². The topological polar surface area (TPSA) is 62.1 Å². The van der Waals surface area contributed by atoms with Crippen LogP contribution in [0, 0.1) is 11.5 Å². The minimum atomic E-state index is -0.251. The highest BCUT2D eigenvalue weighted by Crippen LogP contribution is 2.14. The molecule has 0 saturated carbocycles. The Morgan fingerprint density at radius 2 is 2.64 bits per heavy atom. The molecule has 0 radical (unpaired) electrons. The van der Waals surface area contributed by atoms with Gasteiger partial charge in [-0.1, -0.05) is 0 Å². The lowest BCUT2D eigenvalue weighted by molar-refractivity contribution is -0.122. The standard InChI is InChI=1S/C7H10N2O2/c8-5-9-7(10)4-6-2-1-3-11-6/h6H,1-4H2,(H,9,10). The molecule has 1 N–H and O–H groups in total. The molecule has 1 atom stereocenters. The molecule has 1 fully saturated rings. The van der Waals surface area contributed by atoms with Crippen LogP contribution in [0.5, 0.6) is 0 Å². The number of carbonyl (C=O) groups is 1. The molecular formula is C7H10N2O2. The van der Waals surface area contributed by atoms with Gasteiger partial charge in [-0.05, 0) is 12.8 Å². The molecule has 4 nitrogen and oxygen atoms in total. The molecule has 0 aliphatic carbocycles. The van der Waals surface area contributed by atoms with Gasteiger partial charge in [0.15, 0.2) is 6.19 Å². The van der Waals surface area contributed by atoms with Crippen molar-refractivity contribution in [3.63, 3.8) is 0 Å². The Bertz CT molecular complexity index is 179. The Morgan fingerprint density at radius 3 is 3.18 bits per heavy atom. The fourth-order valence-corrected chi connectivity index (χ4v) is 1.13. The lowest BCUT2D eigenvalue weighted by Gasteiger charge is -2.05. The highest BCUT2D eigenvalue weighted by atomic mass is 16.5. The number of nitrogens with one attached hydrogen (secondary N) is 1. The molecule has 1 saturated heterocycles. The van der Waals surface area contributed by atoms with E-state index in [9.17, 15) is 4.79 Å². The zero-order valence-electron chi connectivity index (χ0n) is 6.17. The first-order valence-corrected chi connectivity index (χ1v) is 3.62. The van der Waals surface area contributed by atoms with Crippen LogP contribution in [-0.4, -0.2) is 18.6 Å². The molecule has 11 heavy (non-hydrogen) atoms. The summed E-state index contributed by atoms with van der Waals surface area (Å²) in [5.74, 6) is -0.251. The normalized spacial score (nSPS) is 22.6. The molecule has 1 unspecified atom stereocenters. The van der Waals surface area contributed by atoms with E-state index in [1.807, 2.05) is 0 Å². The number of rotatable bonds is 2. The molecule has 1 amide bonds. The Kier molecular flexibility index (Phi) is 2.87. The van der Waals surface area contributed by atoms with E-state index in [0.717, 1.165) is 19.4 Å². The van der Waals surface area contributed by atoms with Gasteiger partial charge in [-0.15, -0.1) is 0 Å². The molecule has 0 spiro atoms. The van der Waals surface area contributed by atoms with Gasteiger partial charge in [0, 0.05) is 6.61 Å².